The first-order valence-electron chi connectivity index (χ1n) is 13.0. The molecule has 2 aromatic heterocycles. The molecule has 204 valence electrons. The highest BCUT2D eigenvalue weighted by molar-refractivity contribution is 7.91. The van der Waals surface area contributed by atoms with Crippen molar-refractivity contribution in [2.75, 3.05) is 0 Å². The van der Waals surface area contributed by atoms with Gasteiger partial charge in [0.1, 0.15) is 5.82 Å². The van der Waals surface area contributed by atoms with Gasteiger partial charge in [-0.1, -0.05) is 31.5 Å². The highest BCUT2D eigenvalue weighted by Gasteiger charge is 2.34. The van der Waals surface area contributed by atoms with Gasteiger partial charge < -0.3 is 5.11 Å². The standard InChI is InChI=1S/C30H27FN4O4S/c1-3-4-5-27-34-29(36)28(30(37)35(27)25-14-10-21-7-6-19(17-32)16-24(21)25)40(38,39)22-11-8-20(9-12-22)23-13-15-26(31)33-18(23)2/h6-9,11-13,15-16,25,37H,3-5,10,14H2,1-2H3/t25-/m1/s1. The van der Waals surface area contributed by atoms with Crippen LogP contribution in [0.5, 0.6) is 5.88 Å². The van der Waals surface area contributed by atoms with E-state index in [-0.39, 0.29) is 4.90 Å². The summed E-state index contributed by atoms with van der Waals surface area (Å²) in [5, 5.41) is 20.9. The monoisotopic (exact) mass is 558 g/mol. The van der Waals surface area contributed by atoms with Crippen molar-refractivity contribution in [2.24, 2.45) is 0 Å². The summed E-state index contributed by atoms with van der Waals surface area (Å²) < 4.78 is 42.4. The molecule has 10 heteroatoms. The maximum Gasteiger partial charge on any atom is 0.296 e. The number of aromatic nitrogens is 3. The van der Waals surface area contributed by atoms with Crippen molar-refractivity contribution in [1.82, 2.24) is 14.5 Å². The van der Waals surface area contributed by atoms with Crippen LogP contribution in [-0.4, -0.2) is 28.1 Å². The van der Waals surface area contributed by atoms with Crippen LogP contribution >= 0.6 is 0 Å². The van der Waals surface area contributed by atoms with Crippen molar-refractivity contribution < 1.29 is 17.9 Å². The van der Waals surface area contributed by atoms with Gasteiger partial charge in [0.25, 0.3) is 5.56 Å². The van der Waals surface area contributed by atoms with Gasteiger partial charge in [-0.05, 0) is 79.3 Å². The van der Waals surface area contributed by atoms with E-state index in [0.29, 0.717) is 53.9 Å². The average Bonchev–Trinajstić information content (AvgIpc) is 3.34. The number of unbranched alkanes of at least 4 members (excludes halogenated alkanes) is 1. The van der Waals surface area contributed by atoms with Gasteiger partial charge in [0.2, 0.25) is 21.7 Å². The molecular weight excluding hydrogens is 531 g/mol. The van der Waals surface area contributed by atoms with Gasteiger partial charge >= 0.3 is 0 Å². The Labute approximate surface area is 231 Å². The van der Waals surface area contributed by atoms with Crippen LogP contribution in [0.4, 0.5) is 4.39 Å². The first-order chi connectivity index (χ1) is 19.1. The fourth-order valence-corrected chi connectivity index (χ4v) is 6.65. The summed E-state index contributed by atoms with van der Waals surface area (Å²) in [5.74, 6) is -0.970. The molecule has 0 bridgehead atoms. The van der Waals surface area contributed by atoms with E-state index in [1.165, 1.54) is 22.8 Å². The number of hydrogen-bond donors (Lipinski definition) is 1. The van der Waals surface area contributed by atoms with Crippen molar-refractivity contribution in [3.63, 3.8) is 0 Å². The number of sulfone groups is 1. The number of fused-ring (bicyclic) bond motifs is 1. The molecular formula is C30H27FN4O4S. The van der Waals surface area contributed by atoms with Gasteiger partial charge in [0.15, 0.2) is 4.90 Å². The van der Waals surface area contributed by atoms with E-state index in [1.807, 2.05) is 13.0 Å². The van der Waals surface area contributed by atoms with E-state index in [1.54, 1.807) is 37.3 Å². The van der Waals surface area contributed by atoms with E-state index < -0.39 is 38.2 Å². The van der Waals surface area contributed by atoms with Crippen LogP contribution in [0.3, 0.4) is 0 Å². The first kappa shape index (κ1) is 27.2. The van der Waals surface area contributed by atoms with E-state index in [0.717, 1.165) is 17.5 Å². The number of aryl methyl sites for hydroxylation is 3. The van der Waals surface area contributed by atoms with Gasteiger partial charge in [-0.25, -0.2) is 13.4 Å². The molecule has 0 radical (unpaired) electrons. The highest BCUT2D eigenvalue weighted by Crippen LogP contribution is 2.40. The fraction of sp³-hybridized carbons (Fsp3) is 0.267. The molecule has 1 N–H and O–H groups in total. The third-order valence-electron chi connectivity index (χ3n) is 7.32. The van der Waals surface area contributed by atoms with Crippen LogP contribution in [-0.2, 0) is 22.7 Å². The number of benzene rings is 2. The number of pyridine rings is 1. The predicted molar refractivity (Wildman–Crippen MR) is 146 cm³/mol. The molecule has 0 spiro atoms. The molecule has 0 fully saturated rings. The molecule has 1 aliphatic carbocycles. The summed E-state index contributed by atoms with van der Waals surface area (Å²) in [6, 6.07) is 15.5. The lowest BCUT2D eigenvalue weighted by Crippen LogP contribution is -2.27. The van der Waals surface area contributed by atoms with Crippen molar-refractivity contribution >= 4 is 9.84 Å². The topological polar surface area (TPSA) is 126 Å². The average molecular weight is 559 g/mol. The van der Waals surface area contributed by atoms with Gasteiger partial charge in [-0.15, -0.1) is 0 Å². The van der Waals surface area contributed by atoms with Crippen molar-refractivity contribution in [3.05, 3.63) is 99.1 Å². The molecule has 40 heavy (non-hydrogen) atoms. The Morgan fingerprint density at radius 1 is 1.12 bits per heavy atom. The lowest BCUT2D eigenvalue weighted by atomic mass is 10.0. The Balaban J connectivity index is 1.63. The zero-order chi connectivity index (χ0) is 28.6. The minimum atomic E-state index is -4.47. The van der Waals surface area contributed by atoms with Crippen LogP contribution in [0.25, 0.3) is 11.1 Å². The molecule has 5 rings (SSSR count). The summed E-state index contributed by atoms with van der Waals surface area (Å²) in [4.78, 5) is 20.2. The Bertz CT molecular complexity index is 1830. The van der Waals surface area contributed by atoms with Gasteiger partial charge in [0.05, 0.1) is 22.6 Å². The Morgan fingerprint density at radius 2 is 1.88 bits per heavy atom. The molecule has 2 aromatic carbocycles. The molecule has 4 aromatic rings. The van der Waals surface area contributed by atoms with Crippen LogP contribution in [0.1, 0.15) is 60.4 Å². The minimum absolute atomic E-state index is 0.190. The number of aromatic hydroxyl groups is 1. The smallest absolute Gasteiger partial charge is 0.296 e. The van der Waals surface area contributed by atoms with Crippen LogP contribution in [0, 0.1) is 24.2 Å². The number of halogens is 1. The van der Waals surface area contributed by atoms with Crippen molar-refractivity contribution in [3.8, 4) is 23.1 Å². The summed E-state index contributed by atoms with van der Waals surface area (Å²) in [5.41, 5.74) is 2.92. The molecule has 0 aliphatic heterocycles. The summed E-state index contributed by atoms with van der Waals surface area (Å²) in [7, 11) is -4.47. The minimum Gasteiger partial charge on any atom is -0.493 e. The molecule has 0 amide bonds. The normalized spacial score (nSPS) is 14.6. The third-order valence-corrected chi connectivity index (χ3v) is 9.10. The number of nitrogens with zero attached hydrogens (tertiary/aromatic N) is 4. The molecule has 8 nitrogen and oxygen atoms in total. The molecule has 0 saturated heterocycles. The van der Waals surface area contributed by atoms with Crippen LogP contribution < -0.4 is 5.56 Å². The quantitative estimate of drug-likeness (QED) is 0.315. The van der Waals surface area contributed by atoms with Gasteiger partial charge in [-0.2, -0.15) is 14.6 Å². The second-order valence-corrected chi connectivity index (χ2v) is 11.7. The fourth-order valence-electron chi connectivity index (χ4n) is 5.31. The lowest BCUT2D eigenvalue weighted by Gasteiger charge is -2.23. The molecule has 0 saturated carbocycles. The van der Waals surface area contributed by atoms with E-state index in [2.05, 4.69) is 16.0 Å². The zero-order valence-corrected chi connectivity index (χ0v) is 22.9. The third kappa shape index (κ3) is 4.77. The van der Waals surface area contributed by atoms with E-state index in [4.69, 9.17) is 0 Å². The summed E-state index contributed by atoms with van der Waals surface area (Å²) >= 11 is 0. The summed E-state index contributed by atoms with van der Waals surface area (Å²) in [6.45, 7) is 3.63. The number of rotatable bonds is 7. The van der Waals surface area contributed by atoms with Crippen molar-refractivity contribution in [2.45, 2.75) is 61.8 Å². The van der Waals surface area contributed by atoms with Crippen LogP contribution in [0.15, 0.2) is 69.2 Å². The molecule has 0 unspecified atom stereocenters. The van der Waals surface area contributed by atoms with Gasteiger partial charge in [0, 0.05) is 17.7 Å². The molecule has 2 heterocycles. The SMILES string of the molecule is CCCCc1nc(=O)c(S(=O)(=O)c2ccc(-c3ccc(F)nc3C)cc2)c(O)n1[C@@H]1CCc2ccc(C#N)cc21. The van der Waals surface area contributed by atoms with Crippen molar-refractivity contribution in [1.29, 1.82) is 5.26 Å². The number of hydrogen-bond acceptors (Lipinski definition) is 7. The maximum atomic E-state index is 13.8. The molecule has 1 atom stereocenters. The van der Waals surface area contributed by atoms with Gasteiger partial charge in [-0.3, -0.25) is 9.36 Å². The summed E-state index contributed by atoms with van der Waals surface area (Å²) in [6.07, 6.45) is 3.11. The lowest BCUT2D eigenvalue weighted by molar-refractivity contribution is 0.361. The maximum absolute atomic E-state index is 13.8. The predicted octanol–water partition coefficient (Wildman–Crippen LogP) is 5.04. The Kier molecular flexibility index (Phi) is 7.25. The second-order valence-electron chi connectivity index (χ2n) is 9.83. The Hall–Kier alpha value is -4.36. The first-order valence-corrected chi connectivity index (χ1v) is 14.5. The zero-order valence-electron chi connectivity index (χ0n) is 22.1. The Morgan fingerprint density at radius 3 is 2.55 bits per heavy atom. The largest absolute Gasteiger partial charge is 0.493 e. The van der Waals surface area contributed by atoms with E-state index in [9.17, 15) is 28.0 Å². The second kappa shape index (κ2) is 10.7. The van der Waals surface area contributed by atoms with E-state index >= 15 is 0 Å². The highest BCUT2D eigenvalue weighted by atomic mass is 32.2. The van der Waals surface area contributed by atoms with Crippen LogP contribution in [0.2, 0.25) is 0 Å². The number of nitriles is 1. The molecule has 1 aliphatic rings.